The second kappa shape index (κ2) is 8.91. The van der Waals surface area contributed by atoms with E-state index in [2.05, 4.69) is 49.2 Å². The van der Waals surface area contributed by atoms with E-state index in [1.54, 1.807) is 31.4 Å². The number of benzene rings is 2. The standard InChI is InChI=1S/C22H28N4O2S2/c1-17(2)30(27,28)24-19-7-5-6-18(16-19)10-11-25-12-14-26(15-13-25)22-20-8-3-4-9-21(20)29-23-22/h3-9,16-17,24H,10-15H2,1-2H3. The van der Waals surface area contributed by atoms with Crippen molar-refractivity contribution in [3.8, 4) is 0 Å². The zero-order valence-electron chi connectivity index (χ0n) is 17.4. The smallest absolute Gasteiger partial charge is 0.235 e. The number of piperazine rings is 1. The molecule has 4 rings (SSSR count). The molecule has 0 saturated carbocycles. The lowest BCUT2D eigenvalue weighted by molar-refractivity contribution is 0.261. The molecule has 1 saturated heterocycles. The molecule has 3 aromatic rings. The van der Waals surface area contributed by atoms with Crippen LogP contribution in [-0.2, 0) is 16.4 Å². The van der Waals surface area contributed by atoms with E-state index in [0.717, 1.165) is 50.5 Å². The molecule has 1 aliphatic rings. The van der Waals surface area contributed by atoms with Crippen LogP contribution in [0.3, 0.4) is 0 Å². The van der Waals surface area contributed by atoms with Crippen LogP contribution in [0, 0.1) is 0 Å². The van der Waals surface area contributed by atoms with Crippen LogP contribution >= 0.6 is 11.5 Å². The van der Waals surface area contributed by atoms with E-state index in [1.807, 2.05) is 12.1 Å². The van der Waals surface area contributed by atoms with E-state index < -0.39 is 15.3 Å². The maximum absolute atomic E-state index is 12.1. The quantitative estimate of drug-likeness (QED) is 0.600. The Morgan fingerprint density at radius 2 is 1.83 bits per heavy atom. The Morgan fingerprint density at radius 1 is 1.07 bits per heavy atom. The van der Waals surface area contributed by atoms with Crippen molar-refractivity contribution < 1.29 is 8.42 Å². The number of nitrogens with zero attached hydrogens (tertiary/aromatic N) is 3. The second-order valence-electron chi connectivity index (χ2n) is 7.98. The van der Waals surface area contributed by atoms with Gasteiger partial charge in [0.1, 0.15) is 5.82 Å². The Kier molecular flexibility index (Phi) is 6.26. The van der Waals surface area contributed by atoms with E-state index in [4.69, 9.17) is 0 Å². The summed E-state index contributed by atoms with van der Waals surface area (Å²) in [6.45, 7) is 8.29. The van der Waals surface area contributed by atoms with Gasteiger partial charge in [-0.25, -0.2) is 8.42 Å². The number of rotatable bonds is 7. The van der Waals surface area contributed by atoms with Gasteiger partial charge in [-0.2, -0.15) is 4.37 Å². The third-order valence-electron chi connectivity index (χ3n) is 5.55. The fraction of sp³-hybridized carbons (Fsp3) is 0.409. The van der Waals surface area contributed by atoms with Crippen LogP contribution in [0.1, 0.15) is 19.4 Å². The molecule has 30 heavy (non-hydrogen) atoms. The van der Waals surface area contributed by atoms with Crippen molar-refractivity contribution in [1.82, 2.24) is 9.27 Å². The van der Waals surface area contributed by atoms with Crippen LogP contribution in [0.5, 0.6) is 0 Å². The third kappa shape index (κ3) is 4.77. The maximum Gasteiger partial charge on any atom is 0.235 e. The number of hydrogen-bond acceptors (Lipinski definition) is 6. The molecule has 2 heterocycles. The molecule has 1 aromatic heterocycles. The van der Waals surface area contributed by atoms with Gasteiger partial charge in [0.25, 0.3) is 0 Å². The Morgan fingerprint density at radius 3 is 2.60 bits per heavy atom. The number of nitrogens with one attached hydrogen (secondary N) is 1. The summed E-state index contributed by atoms with van der Waals surface area (Å²) in [6.07, 6.45) is 0.900. The molecule has 0 radical (unpaired) electrons. The minimum Gasteiger partial charge on any atom is -0.353 e. The minimum atomic E-state index is -3.32. The third-order valence-corrected chi connectivity index (χ3v) is 8.13. The van der Waals surface area contributed by atoms with Crippen molar-refractivity contribution >= 4 is 43.1 Å². The number of anilines is 2. The summed E-state index contributed by atoms with van der Waals surface area (Å²) in [4.78, 5) is 4.85. The van der Waals surface area contributed by atoms with Crippen LogP contribution < -0.4 is 9.62 Å². The Labute approximate surface area is 182 Å². The molecule has 0 unspecified atom stereocenters. The Hall–Kier alpha value is -2.16. The van der Waals surface area contributed by atoms with E-state index in [-0.39, 0.29) is 0 Å². The average Bonchev–Trinajstić information content (AvgIpc) is 3.17. The first kappa shape index (κ1) is 21.1. The first-order chi connectivity index (χ1) is 14.4. The highest BCUT2D eigenvalue weighted by molar-refractivity contribution is 7.93. The number of aromatic nitrogens is 1. The van der Waals surface area contributed by atoms with Crippen molar-refractivity contribution in [3.05, 3.63) is 54.1 Å². The normalized spacial score (nSPS) is 15.8. The van der Waals surface area contributed by atoms with E-state index in [0.29, 0.717) is 5.69 Å². The van der Waals surface area contributed by atoms with Crippen LogP contribution in [-0.4, -0.2) is 55.7 Å². The van der Waals surface area contributed by atoms with Gasteiger partial charge in [-0.3, -0.25) is 9.62 Å². The molecule has 0 aliphatic carbocycles. The molecule has 0 amide bonds. The van der Waals surface area contributed by atoms with E-state index in [9.17, 15) is 8.42 Å². The zero-order valence-corrected chi connectivity index (χ0v) is 19.0. The van der Waals surface area contributed by atoms with Crippen molar-refractivity contribution in [1.29, 1.82) is 0 Å². The summed E-state index contributed by atoms with van der Waals surface area (Å²) in [7, 11) is -3.32. The Bertz CT molecular complexity index is 1100. The van der Waals surface area contributed by atoms with Gasteiger partial charge >= 0.3 is 0 Å². The van der Waals surface area contributed by atoms with Crippen LogP contribution in [0.2, 0.25) is 0 Å². The maximum atomic E-state index is 12.1. The van der Waals surface area contributed by atoms with Gasteiger partial charge in [0.15, 0.2) is 0 Å². The van der Waals surface area contributed by atoms with Crippen molar-refractivity contribution in [2.75, 3.05) is 42.3 Å². The summed E-state index contributed by atoms with van der Waals surface area (Å²) in [6, 6.07) is 16.1. The van der Waals surface area contributed by atoms with Crippen molar-refractivity contribution in [3.63, 3.8) is 0 Å². The molecule has 1 N–H and O–H groups in total. The SMILES string of the molecule is CC(C)S(=O)(=O)Nc1cccc(CCN2CCN(c3nsc4ccccc34)CC2)c1. The predicted octanol–water partition coefficient (Wildman–Crippen LogP) is 3.81. The summed E-state index contributed by atoms with van der Waals surface area (Å²) in [5.41, 5.74) is 1.79. The number of fused-ring (bicyclic) bond motifs is 1. The highest BCUT2D eigenvalue weighted by Crippen LogP contribution is 2.29. The lowest BCUT2D eigenvalue weighted by Crippen LogP contribution is -2.47. The lowest BCUT2D eigenvalue weighted by atomic mass is 10.1. The van der Waals surface area contributed by atoms with Gasteiger partial charge < -0.3 is 4.90 Å². The molecular formula is C22H28N4O2S2. The number of hydrogen-bond donors (Lipinski definition) is 1. The second-order valence-corrected chi connectivity index (χ2v) is 11.0. The summed E-state index contributed by atoms with van der Waals surface area (Å²) >= 11 is 1.57. The number of sulfonamides is 1. The molecule has 1 fully saturated rings. The monoisotopic (exact) mass is 444 g/mol. The largest absolute Gasteiger partial charge is 0.353 e. The minimum absolute atomic E-state index is 0.452. The van der Waals surface area contributed by atoms with Crippen molar-refractivity contribution in [2.45, 2.75) is 25.5 Å². The van der Waals surface area contributed by atoms with Gasteiger partial charge in [-0.05, 0) is 61.6 Å². The fourth-order valence-corrected chi connectivity index (χ4v) is 5.13. The fourth-order valence-electron chi connectivity index (χ4n) is 3.64. The summed E-state index contributed by atoms with van der Waals surface area (Å²) in [5.74, 6) is 1.11. The van der Waals surface area contributed by atoms with Crippen LogP contribution in [0.15, 0.2) is 48.5 Å². The molecule has 0 spiro atoms. The van der Waals surface area contributed by atoms with Gasteiger partial charge in [0, 0.05) is 43.8 Å². The van der Waals surface area contributed by atoms with Gasteiger partial charge in [-0.1, -0.05) is 24.3 Å². The molecule has 160 valence electrons. The molecule has 0 bridgehead atoms. The molecular weight excluding hydrogens is 416 g/mol. The molecule has 0 atom stereocenters. The summed E-state index contributed by atoms with van der Waals surface area (Å²) in [5, 5.41) is 0.795. The van der Waals surface area contributed by atoms with E-state index >= 15 is 0 Å². The molecule has 1 aliphatic heterocycles. The average molecular weight is 445 g/mol. The topological polar surface area (TPSA) is 65.5 Å². The lowest BCUT2D eigenvalue weighted by Gasteiger charge is -2.35. The zero-order chi connectivity index (χ0) is 21.1. The highest BCUT2D eigenvalue weighted by Gasteiger charge is 2.20. The van der Waals surface area contributed by atoms with Gasteiger partial charge in [0.05, 0.1) is 9.95 Å². The molecule has 2 aromatic carbocycles. The van der Waals surface area contributed by atoms with Gasteiger partial charge in [0.2, 0.25) is 10.0 Å². The molecule has 8 heteroatoms. The highest BCUT2D eigenvalue weighted by atomic mass is 32.2. The van der Waals surface area contributed by atoms with Crippen molar-refractivity contribution in [2.24, 2.45) is 0 Å². The first-order valence-electron chi connectivity index (χ1n) is 10.3. The van der Waals surface area contributed by atoms with E-state index in [1.165, 1.54) is 10.1 Å². The van der Waals surface area contributed by atoms with Crippen LogP contribution in [0.4, 0.5) is 11.5 Å². The first-order valence-corrected chi connectivity index (χ1v) is 12.7. The summed E-state index contributed by atoms with van der Waals surface area (Å²) < 4.78 is 32.8. The predicted molar refractivity (Wildman–Crippen MR) is 126 cm³/mol. The van der Waals surface area contributed by atoms with Crippen LogP contribution in [0.25, 0.3) is 10.1 Å². The molecule has 6 nitrogen and oxygen atoms in total. The van der Waals surface area contributed by atoms with Gasteiger partial charge in [-0.15, -0.1) is 0 Å². The Balaban J connectivity index is 1.31.